The minimum atomic E-state index is -0.0684. The van der Waals surface area contributed by atoms with Gasteiger partial charge < -0.3 is 14.3 Å². The van der Waals surface area contributed by atoms with Crippen molar-refractivity contribution in [2.45, 2.75) is 84.0 Å². The molecular formula is C31H41N3O3. The molecule has 6 nitrogen and oxygen atoms in total. The van der Waals surface area contributed by atoms with E-state index in [4.69, 9.17) is 19.6 Å². The number of nitrogens with zero attached hydrogens (tertiary/aromatic N) is 3. The number of hydrogen-bond donors (Lipinski definition) is 0. The molecule has 1 unspecified atom stereocenters. The SMILES string of the molecule is COc1c(C(CC(C)=O)Cc2cc(OCCc3ccc4c(n3)CCCC4)n(C)n2)cccc1C(C)(C)C. The number of ether oxygens (including phenoxy) is 2. The summed E-state index contributed by atoms with van der Waals surface area (Å²) in [4.78, 5) is 17.1. The molecule has 0 spiro atoms. The van der Waals surface area contributed by atoms with Crippen LogP contribution >= 0.6 is 0 Å². The van der Waals surface area contributed by atoms with Gasteiger partial charge in [-0.3, -0.25) is 4.98 Å². The van der Waals surface area contributed by atoms with Crippen LogP contribution < -0.4 is 9.47 Å². The zero-order chi connectivity index (χ0) is 26.6. The molecule has 6 heteroatoms. The highest BCUT2D eigenvalue weighted by atomic mass is 16.5. The number of carbonyl (C=O) groups excluding carboxylic acids is 1. The minimum Gasteiger partial charge on any atom is -0.496 e. The van der Waals surface area contributed by atoms with Gasteiger partial charge in [-0.15, -0.1) is 0 Å². The highest BCUT2D eigenvalue weighted by Gasteiger charge is 2.26. The molecule has 0 bridgehead atoms. The molecule has 0 N–H and O–H groups in total. The molecule has 0 saturated heterocycles. The first kappa shape index (κ1) is 26.9. The predicted octanol–water partition coefficient (Wildman–Crippen LogP) is 5.93. The Kier molecular flexibility index (Phi) is 8.35. The fourth-order valence-corrected chi connectivity index (χ4v) is 5.35. The van der Waals surface area contributed by atoms with E-state index in [2.05, 4.69) is 51.1 Å². The van der Waals surface area contributed by atoms with Crippen LogP contribution in [-0.4, -0.2) is 34.3 Å². The molecule has 1 aliphatic carbocycles. The topological polar surface area (TPSA) is 66.2 Å². The summed E-state index contributed by atoms with van der Waals surface area (Å²) < 4.78 is 13.8. The summed E-state index contributed by atoms with van der Waals surface area (Å²) in [5.74, 6) is 1.71. The number of methoxy groups -OCH3 is 1. The summed E-state index contributed by atoms with van der Waals surface area (Å²) in [6.07, 6.45) is 6.55. The number of benzene rings is 1. The van der Waals surface area contributed by atoms with E-state index in [1.165, 1.54) is 24.1 Å². The number of para-hydroxylation sites is 1. The van der Waals surface area contributed by atoms with Crippen LogP contribution in [0, 0.1) is 0 Å². The molecule has 0 saturated carbocycles. The van der Waals surface area contributed by atoms with Crippen molar-refractivity contribution in [2.24, 2.45) is 7.05 Å². The highest BCUT2D eigenvalue weighted by molar-refractivity contribution is 5.76. The first-order valence-corrected chi connectivity index (χ1v) is 13.5. The van der Waals surface area contributed by atoms with Gasteiger partial charge in [0.15, 0.2) is 0 Å². The maximum absolute atomic E-state index is 12.2. The number of fused-ring (bicyclic) bond motifs is 1. The quantitative estimate of drug-likeness (QED) is 0.343. The molecule has 4 rings (SSSR count). The summed E-state index contributed by atoms with van der Waals surface area (Å²) in [6, 6.07) is 12.6. The van der Waals surface area contributed by atoms with Gasteiger partial charge in [0.1, 0.15) is 11.5 Å². The Morgan fingerprint density at radius 3 is 2.62 bits per heavy atom. The molecule has 0 amide bonds. The lowest BCUT2D eigenvalue weighted by molar-refractivity contribution is -0.117. The van der Waals surface area contributed by atoms with Crippen molar-refractivity contribution in [3.63, 3.8) is 0 Å². The summed E-state index contributed by atoms with van der Waals surface area (Å²) in [6.45, 7) is 8.72. The average molecular weight is 504 g/mol. The third kappa shape index (κ3) is 6.60. The molecule has 198 valence electrons. The summed E-state index contributed by atoms with van der Waals surface area (Å²) in [7, 11) is 3.61. The maximum atomic E-state index is 12.2. The maximum Gasteiger partial charge on any atom is 0.211 e. The number of rotatable bonds is 10. The number of carbonyl (C=O) groups is 1. The Bertz CT molecular complexity index is 1240. The largest absolute Gasteiger partial charge is 0.496 e. The van der Waals surface area contributed by atoms with Gasteiger partial charge in [0, 0.05) is 37.3 Å². The second-order valence-electron chi connectivity index (χ2n) is 11.3. The van der Waals surface area contributed by atoms with Crippen LogP contribution in [0.1, 0.15) is 86.6 Å². The first-order valence-electron chi connectivity index (χ1n) is 13.5. The van der Waals surface area contributed by atoms with Crippen molar-refractivity contribution in [3.8, 4) is 11.6 Å². The van der Waals surface area contributed by atoms with Gasteiger partial charge >= 0.3 is 0 Å². The van der Waals surface area contributed by atoms with E-state index in [0.29, 0.717) is 19.4 Å². The number of ketones is 1. The summed E-state index contributed by atoms with van der Waals surface area (Å²) >= 11 is 0. The first-order chi connectivity index (χ1) is 17.7. The number of hydrogen-bond acceptors (Lipinski definition) is 5. The molecule has 0 radical (unpaired) electrons. The van der Waals surface area contributed by atoms with Crippen LogP contribution in [0.5, 0.6) is 11.6 Å². The van der Waals surface area contributed by atoms with Gasteiger partial charge in [0.05, 0.1) is 19.4 Å². The van der Waals surface area contributed by atoms with Crippen molar-refractivity contribution in [1.82, 2.24) is 14.8 Å². The third-order valence-corrected chi connectivity index (χ3v) is 7.22. The second-order valence-corrected chi connectivity index (χ2v) is 11.3. The van der Waals surface area contributed by atoms with E-state index in [0.717, 1.165) is 53.4 Å². The van der Waals surface area contributed by atoms with Crippen molar-refractivity contribution in [3.05, 3.63) is 70.2 Å². The highest BCUT2D eigenvalue weighted by Crippen LogP contribution is 2.39. The van der Waals surface area contributed by atoms with E-state index < -0.39 is 0 Å². The van der Waals surface area contributed by atoms with Crippen LogP contribution in [0.4, 0.5) is 0 Å². The molecule has 37 heavy (non-hydrogen) atoms. The van der Waals surface area contributed by atoms with E-state index in [1.807, 2.05) is 13.1 Å². The standard InChI is InChI=1S/C31H41N3O3/c1-21(35)18-23(26-11-9-12-27(30(26)36-6)31(2,3)4)19-25-20-29(34(5)33-25)37-17-16-24-15-14-22-10-7-8-13-28(22)32-24/h9,11-12,14-15,20,23H,7-8,10,13,16-19H2,1-6H3. The lowest BCUT2D eigenvalue weighted by Gasteiger charge is -2.26. The normalized spacial score (nSPS) is 14.2. The van der Waals surface area contributed by atoms with Gasteiger partial charge in [-0.05, 0) is 73.1 Å². The van der Waals surface area contributed by atoms with Crippen LogP contribution in [0.25, 0.3) is 0 Å². The Balaban J connectivity index is 1.47. The Labute approximate surface area is 221 Å². The van der Waals surface area contributed by atoms with E-state index >= 15 is 0 Å². The molecule has 0 fully saturated rings. The van der Waals surface area contributed by atoms with E-state index in [9.17, 15) is 4.79 Å². The smallest absolute Gasteiger partial charge is 0.211 e. The van der Waals surface area contributed by atoms with Crippen LogP contribution in [-0.2, 0) is 42.9 Å². The molecule has 2 aromatic heterocycles. The number of Topliss-reactive ketones (excluding diaryl/α,β-unsaturated/α-hetero) is 1. The molecule has 0 aliphatic heterocycles. The summed E-state index contributed by atoms with van der Waals surface area (Å²) in [5.41, 5.74) is 6.76. The van der Waals surface area contributed by atoms with Crippen molar-refractivity contribution >= 4 is 5.78 Å². The lowest BCUT2D eigenvalue weighted by Crippen LogP contribution is -2.16. The van der Waals surface area contributed by atoms with Gasteiger partial charge in [-0.1, -0.05) is 45.0 Å². The molecule has 2 heterocycles. The average Bonchev–Trinajstić information content (AvgIpc) is 3.20. The zero-order valence-corrected chi connectivity index (χ0v) is 23.3. The van der Waals surface area contributed by atoms with Gasteiger partial charge in [0.2, 0.25) is 5.88 Å². The fraction of sp³-hybridized carbons (Fsp3) is 0.516. The van der Waals surface area contributed by atoms with Gasteiger partial charge in [-0.2, -0.15) is 5.10 Å². The molecule has 1 aliphatic rings. The van der Waals surface area contributed by atoms with Crippen LogP contribution in [0.15, 0.2) is 36.4 Å². The second kappa shape index (κ2) is 11.5. The minimum absolute atomic E-state index is 0.0304. The van der Waals surface area contributed by atoms with Crippen molar-refractivity contribution in [1.29, 1.82) is 0 Å². The van der Waals surface area contributed by atoms with E-state index in [1.54, 1.807) is 18.7 Å². The lowest BCUT2D eigenvalue weighted by atomic mass is 9.81. The molecule has 1 aromatic carbocycles. The Morgan fingerprint density at radius 2 is 1.89 bits per heavy atom. The zero-order valence-electron chi connectivity index (χ0n) is 23.3. The third-order valence-electron chi connectivity index (χ3n) is 7.22. The van der Waals surface area contributed by atoms with Gasteiger partial charge in [-0.25, -0.2) is 4.68 Å². The van der Waals surface area contributed by atoms with Crippen molar-refractivity contribution in [2.75, 3.05) is 13.7 Å². The van der Waals surface area contributed by atoms with Crippen molar-refractivity contribution < 1.29 is 14.3 Å². The van der Waals surface area contributed by atoms with Crippen LogP contribution in [0.2, 0.25) is 0 Å². The summed E-state index contributed by atoms with van der Waals surface area (Å²) in [5, 5.41) is 4.72. The Morgan fingerprint density at radius 1 is 1.11 bits per heavy atom. The number of aryl methyl sites for hydroxylation is 3. The fourth-order valence-electron chi connectivity index (χ4n) is 5.35. The van der Waals surface area contributed by atoms with Crippen LogP contribution in [0.3, 0.4) is 0 Å². The Hall–Kier alpha value is -3.15. The van der Waals surface area contributed by atoms with Gasteiger partial charge in [0.25, 0.3) is 0 Å². The monoisotopic (exact) mass is 503 g/mol. The number of aromatic nitrogens is 3. The number of pyridine rings is 1. The molecule has 1 atom stereocenters. The molecule has 3 aromatic rings. The molecular weight excluding hydrogens is 462 g/mol. The predicted molar refractivity (Wildman–Crippen MR) is 147 cm³/mol. The van der Waals surface area contributed by atoms with E-state index in [-0.39, 0.29) is 17.1 Å².